The van der Waals surface area contributed by atoms with Gasteiger partial charge in [0.2, 0.25) is 0 Å². The zero-order valence-corrected chi connectivity index (χ0v) is 10.8. The zero-order valence-electron chi connectivity index (χ0n) is 10.8. The average molecular weight is 238 g/mol. The van der Waals surface area contributed by atoms with E-state index in [4.69, 9.17) is 4.74 Å². The van der Waals surface area contributed by atoms with Crippen LogP contribution in [-0.2, 0) is 0 Å². The fourth-order valence-corrected chi connectivity index (χ4v) is 3.83. The van der Waals surface area contributed by atoms with Gasteiger partial charge in [-0.3, -0.25) is 0 Å². The van der Waals surface area contributed by atoms with Crippen LogP contribution in [0.25, 0.3) is 5.57 Å². The molecule has 2 aliphatic carbocycles. The summed E-state index contributed by atoms with van der Waals surface area (Å²) in [5.41, 5.74) is 6.36. The van der Waals surface area contributed by atoms with E-state index in [0.29, 0.717) is 5.41 Å². The van der Waals surface area contributed by atoms with Crippen molar-refractivity contribution in [3.8, 4) is 5.75 Å². The van der Waals surface area contributed by atoms with Crippen molar-refractivity contribution < 1.29 is 4.74 Å². The lowest BCUT2D eigenvalue weighted by atomic mass is 9.68. The van der Waals surface area contributed by atoms with Gasteiger partial charge >= 0.3 is 0 Å². The Morgan fingerprint density at radius 1 is 1.11 bits per heavy atom. The quantitative estimate of drug-likeness (QED) is 0.652. The molecular formula is C17H18O. The molecule has 0 saturated carbocycles. The van der Waals surface area contributed by atoms with E-state index in [1.165, 1.54) is 36.8 Å². The highest BCUT2D eigenvalue weighted by Gasteiger charge is 2.40. The van der Waals surface area contributed by atoms with E-state index in [1.54, 1.807) is 11.1 Å². The van der Waals surface area contributed by atoms with Crippen molar-refractivity contribution in [3.63, 3.8) is 0 Å². The number of allylic oxidation sites excluding steroid dienone is 2. The summed E-state index contributed by atoms with van der Waals surface area (Å²) in [4.78, 5) is 0. The largest absolute Gasteiger partial charge is 0.488 e. The molecule has 18 heavy (non-hydrogen) atoms. The molecule has 0 saturated heterocycles. The predicted molar refractivity (Wildman–Crippen MR) is 73.5 cm³/mol. The van der Waals surface area contributed by atoms with Gasteiger partial charge in [-0.25, -0.2) is 0 Å². The van der Waals surface area contributed by atoms with E-state index in [-0.39, 0.29) is 0 Å². The molecule has 4 rings (SSSR count). The topological polar surface area (TPSA) is 9.23 Å². The third-order valence-corrected chi connectivity index (χ3v) is 4.90. The second-order valence-corrected chi connectivity index (χ2v) is 5.96. The first-order valence-electron chi connectivity index (χ1n) is 6.93. The Balaban J connectivity index is 1.90. The maximum absolute atomic E-state index is 5.95. The molecule has 1 aromatic carbocycles. The third kappa shape index (κ3) is 1.28. The molecule has 1 heteroatoms. The summed E-state index contributed by atoms with van der Waals surface area (Å²) in [7, 11) is 0. The number of para-hydroxylation sites is 1. The molecular weight excluding hydrogens is 220 g/mol. The van der Waals surface area contributed by atoms with Crippen LogP contribution in [0.5, 0.6) is 5.75 Å². The van der Waals surface area contributed by atoms with E-state index in [9.17, 15) is 0 Å². The van der Waals surface area contributed by atoms with E-state index in [1.807, 2.05) is 0 Å². The first-order valence-corrected chi connectivity index (χ1v) is 6.93. The van der Waals surface area contributed by atoms with Crippen LogP contribution in [0.1, 0.15) is 38.2 Å². The first kappa shape index (κ1) is 10.4. The normalized spacial score (nSPS) is 29.1. The maximum atomic E-state index is 5.95. The molecule has 92 valence electrons. The summed E-state index contributed by atoms with van der Waals surface area (Å²) in [6.07, 6.45) is 7.52. The lowest BCUT2D eigenvalue weighted by Crippen LogP contribution is -2.26. The van der Waals surface area contributed by atoms with Crippen LogP contribution in [0, 0.1) is 5.41 Å². The summed E-state index contributed by atoms with van der Waals surface area (Å²) in [6.45, 7) is 3.20. The zero-order chi connectivity index (χ0) is 12.2. The van der Waals surface area contributed by atoms with Gasteiger partial charge in [0.25, 0.3) is 0 Å². The Morgan fingerprint density at radius 2 is 2.00 bits per heavy atom. The van der Waals surface area contributed by atoms with Gasteiger partial charge in [0.05, 0.1) is 0 Å². The molecule has 0 aromatic heterocycles. The van der Waals surface area contributed by atoms with Crippen molar-refractivity contribution in [2.45, 2.75) is 32.6 Å². The van der Waals surface area contributed by atoms with Crippen LogP contribution in [0.4, 0.5) is 0 Å². The second kappa shape index (κ2) is 3.50. The Kier molecular flexibility index (Phi) is 2.03. The molecule has 0 bridgehead atoms. The van der Waals surface area contributed by atoms with Gasteiger partial charge in [-0.15, -0.1) is 0 Å². The average Bonchev–Trinajstić information content (AvgIpc) is 2.80. The first-order chi connectivity index (χ1) is 8.78. The summed E-state index contributed by atoms with van der Waals surface area (Å²) < 4.78 is 5.95. The molecule has 0 unspecified atom stereocenters. The highest BCUT2D eigenvalue weighted by molar-refractivity contribution is 5.80. The van der Waals surface area contributed by atoms with Gasteiger partial charge in [0.1, 0.15) is 12.4 Å². The Hall–Kier alpha value is -1.50. The molecule has 1 atom stereocenters. The van der Waals surface area contributed by atoms with Crippen molar-refractivity contribution in [3.05, 3.63) is 47.1 Å². The Labute approximate surface area is 108 Å². The minimum atomic E-state index is 0.425. The summed E-state index contributed by atoms with van der Waals surface area (Å²) in [5.74, 6) is 1.07. The van der Waals surface area contributed by atoms with E-state index in [0.717, 1.165) is 12.4 Å². The summed E-state index contributed by atoms with van der Waals surface area (Å²) in [6, 6.07) is 8.49. The van der Waals surface area contributed by atoms with Crippen molar-refractivity contribution >= 4 is 5.57 Å². The van der Waals surface area contributed by atoms with Crippen LogP contribution >= 0.6 is 0 Å². The maximum Gasteiger partial charge on any atom is 0.127 e. The molecule has 0 radical (unpaired) electrons. The molecule has 1 heterocycles. The molecule has 1 aromatic rings. The number of ether oxygens (including phenoxy) is 1. The highest BCUT2D eigenvalue weighted by Crippen LogP contribution is 2.54. The molecule has 3 aliphatic rings. The van der Waals surface area contributed by atoms with Gasteiger partial charge in [-0.1, -0.05) is 31.2 Å². The second-order valence-electron chi connectivity index (χ2n) is 5.96. The fourth-order valence-electron chi connectivity index (χ4n) is 3.83. The molecule has 0 amide bonds. The Bertz CT molecular complexity index is 579. The SMILES string of the molecule is C[C@@]12CCC=C1C1=C(CC2)c2ccccc2OC1. The van der Waals surface area contributed by atoms with Gasteiger partial charge in [0.15, 0.2) is 0 Å². The summed E-state index contributed by atoms with van der Waals surface area (Å²) >= 11 is 0. The van der Waals surface area contributed by atoms with Gasteiger partial charge in [0, 0.05) is 5.56 Å². The fraction of sp³-hybridized carbons (Fsp3) is 0.412. The number of hydrogen-bond acceptors (Lipinski definition) is 1. The van der Waals surface area contributed by atoms with Crippen molar-refractivity contribution in [2.24, 2.45) is 5.41 Å². The van der Waals surface area contributed by atoms with E-state index >= 15 is 0 Å². The lowest BCUT2D eigenvalue weighted by molar-refractivity contribution is 0.313. The van der Waals surface area contributed by atoms with E-state index in [2.05, 4.69) is 37.3 Å². The van der Waals surface area contributed by atoms with Gasteiger partial charge < -0.3 is 4.74 Å². The third-order valence-electron chi connectivity index (χ3n) is 4.90. The van der Waals surface area contributed by atoms with Crippen molar-refractivity contribution in [1.29, 1.82) is 0 Å². The van der Waals surface area contributed by atoms with Crippen molar-refractivity contribution in [1.82, 2.24) is 0 Å². The van der Waals surface area contributed by atoms with Crippen LogP contribution in [0.15, 0.2) is 41.5 Å². The molecule has 0 spiro atoms. The van der Waals surface area contributed by atoms with Gasteiger partial charge in [-0.05, 0) is 53.9 Å². The minimum absolute atomic E-state index is 0.425. The number of benzene rings is 1. The van der Waals surface area contributed by atoms with Crippen LogP contribution in [0.3, 0.4) is 0 Å². The lowest BCUT2D eigenvalue weighted by Gasteiger charge is -2.38. The van der Waals surface area contributed by atoms with Crippen molar-refractivity contribution in [2.75, 3.05) is 6.61 Å². The molecule has 0 fully saturated rings. The van der Waals surface area contributed by atoms with Crippen LogP contribution in [0.2, 0.25) is 0 Å². The van der Waals surface area contributed by atoms with Crippen LogP contribution in [-0.4, -0.2) is 6.61 Å². The number of hydrogen-bond donors (Lipinski definition) is 0. The Morgan fingerprint density at radius 3 is 2.94 bits per heavy atom. The molecule has 1 nitrogen and oxygen atoms in total. The number of fused-ring (bicyclic) bond motifs is 4. The standard InChI is InChI=1S/C17H18O/c1-17-9-4-6-15(17)14-11-18-16-7-3-2-5-13(16)12(14)8-10-17/h2-3,5-7H,4,8-11H2,1H3/t17-/m0/s1. The minimum Gasteiger partial charge on any atom is -0.488 e. The molecule has 1 aliphatic heterocycles. The molecule has 0 N–H and O–H groups in total. The highest BCUT2D eigenvalue weighted by atomic mass is 16.5. The predicted octanol–water partition coefficient (Wildman–Crippen LogP) is 4.35. The van der Waals surface area contributed by atoms with E-state index < -0.39 is 0 Å². The summed E-state index contributed by atoms with van der Waals surface area (Å²) in [5, 5.41) is 0. The number of rotatable bonds is 0. The smallest absolute Gasteiger partial charge is 0.127 e. The van der Waals surface area contributed by atoms with Crippen LogP contribution < -0.4 is 4.74 Å². The van der Waals surface area contributed by atoms with Gasteiger partial charge in [-0.2, -0.15) is 0 Å². The monoisotopic (exact) mass is 238 g/mol.